The first-order valence-corrected chi connectivity index (χ1v) is 10.5. The number of hydrogen-bond donors (Lipinski definition) is 0. The highest BCUT2D eigenvalue weighted by Gasteiger charge is 2.35. The van der Waals surface area contributed by atoms with Gasteiger partial charge in [-0.05, 0) is 47.5 Å². The summed E-state index contributed by atoms with van der Waals surface area (Å²) in [6, 6.07) is 18.5. The van der Waals surface area contributed by atoms with Gasteiger partial charge in [0.2, 0.25) is 5.82 Å². The molecule has 2 aromatic heterocycles. The molecule has 1 amide bonds. The Balaban J connectivity index is 1.40. The molecule has 0 fully saturated rings. The van der Waals surface area contributed by atoms with Gasteiger partial charge in [-0.1, -0.05) is 48.0 Å². The van der Waals surface area contributed by atoms with Gasteiger partial charge >= 0.3 is 0 Å². The van der Waals surface area contributed by atoms with E-state index in [4.69, 9.17) is 16.0 Å². The number of tetrazole rings is 1. The molecule has 4 aromatic rings. The number of nitrogens with zero attached hydrogens (tertiary/aromatic N) is 6. The summed E-state index contributed by atoms with van der Waals surface area (Å²) in [6.45, 7) is 1.89. The van der Waals surface area contributed by atoms with Crippen LogP contribution in [0.5, 0.6) is 0 Å². The van der Waals surface area contributed by atoms with Crippen molar-refractivity contribution in [3.8, 4) is 11.4 Å². The highest BCUT2D eigenvalue weighted by molar-refractivity contribution is 6.30. The Hall–Kier alpha value is -3.78. The van der Waals surface area contributed by atoms with Crippen LogP contribution in [0.25, 0.3) is 11.4 Å². The van der Waals surface area contributed by atoms with Crippen LogP contribution in [-0.4, -0.2) is 36.8 Å². The molecule has 0 N–H and O–H groups in total. The van der Waals surface area contributed by atoms with Crippen molar-refractivity contribution >= 4 is 23.2 Å². The lowest BCUT2D eigenvalue weighted by molar-refractivity contribution is -0.134. The second kappa shape index (κ2) is 8.39. The van der Waals surface area contributed by atoms with E-state index in [1.54, 1.807) is 24.5 Å². The number of carbonyl (C=O) groups is 1. The number of benzene rings is 2. The molecule has 0 bridgehead atoms. The van der Waals surface area contributed by atoms with E-state index in [0.717, 1.165) is 22.4 Å². The summed E-state index contributed by atoms with van der Waals surface area (Å²) in [5, 5.41) is 19.3. The minimum atomic E-state index is -0.345. The predicted octanol–water partition coefficient (Wildman–Crippen LogP) is 4.27. The van der Waals surface area contributed by atoms with Gasteiger partial charge in [0.15, 0.2) is 0 Å². The summed E-state index contributed by atoms with van der Waals surface area (Å²) in [4.78, 5) is 14.5. The Bertz CT molecular complexity index is 1280. The van der Waals surface area contributed by atoms with Gasteiger partial charge in [0, 0.05) is 17.0 Å². The van der Waals surface area contributed by atoms with Gasteiger partial charge in [-0.2, -0.15) is 9.90 Å². The van der Waals surface area contributed by atoms with Gasteiger partial charge in [0.1, 0.15) is 18.3 Å². The van der Waals surface area contributed by atoms with E-state index in [-0.39, 0.29) is 18.5 Å². The Morgan fingerprint density at radius 3 is 2.69 bits per heavy atom. The summed E-state index contributed by atoms with van der Waals surface area (Å²) >= 11 is 6.01. The molecule has 0 radical (unpaired) electrons. The van der Waals surface area contributed by atoms with Crippen LogP contribution in [0, 0.1) is 6.92 Å². The molecule has 1 aliphatic rings. The maximum Gasteiger partial charge on any atom is 0.267 e. The third kappa shape index (κ3) is 3.92. The SMILES string of the molecule is Cc1ccccc1-c1nnn(CC(=O)N2N=C(c3ccc(Cl)cc3)C[C@@H]2c2ccco2)n1. The second-order valence-corrected chi connectivity index (χ2v) is 7.92. The molecule has 0 spiro atoms. The summed E-state index contributed by atoms with van der Waals surface area (Å²) in [5.41, 5.74) is 3.60. The Morgan fingerprint density at radius 2 is 1.94 bits per heavy atom. The number of furan rings is 1. The minimum absolute atomic E-state index is 0.0898. The van der Waals surface area contributed by atoms with E-state index >= 15 is 0 Å². The van der Waals surface area contributed by atoms with Gasteiger partial charge in [0.25, 0.3) is 5.91 Å². The van der Waals surface area contributed by atoms with Crippen LogP contribution in [0.1, 0.15) is 29.3 Å². The fraction of sp³-hybridized carbons (Fsp3) is 0.174. The van der Waals surface area contributed by atoms with Gasteiger partial charge in [-0.15, -0.1) is 10.2 Å². The van der Waals surface area contributed by atoms with Gasteiger partial charge in [0.05, 0.1) is 12.0 Å². The van der Waals surface area contributed by atoms with Crippen molar-refractivity contribution in [2.75, 3.05) is 0 Å². The maximum absolute atomic E-state index is 13.2. The predicted molar refractivity (Wildman–Crippen MR) is 119 cm³/mol. The van der Waals surface area contributed by atoms with Crippen LogP contribution in [0.2, 0.25) is 5.02 Å². The molecular formula is C23H19ClN6O2. The molecule has 0 saturated heterocycles. The normalized spacial score (nSPS) is 15.8. The average molecular weight is 447 g/mol. The number of aryl methyl sites for hydroxylation is 1. The number of hydrogen-bond acceptors (Lipinski definition) is 6. The smallest absolute Gasteiger partial charge is 0.267 e. The first kappa shape index (κ1) is 20.1. The summed E-state index contributed by atoms with van der Waals surface area (Å²) < 4.78 is 5.59. The van der Waals surface area contributed by atoms with Crippen LogP contribution in [-0.2, 0) is 11.3 Å². The molecule has 0 unspecified atom stereocenters. The van der Waals surface area contributed by atoms with Gasteiger partial charge < -0.3 is 4.42 Å². The van der Waals surface area contributed by atoms with Crippen molar-refractivity contribution in [2.45, 2.75) is 25.9 Å². The lowest BCUT2D eigenvalue weighted by Crippen LogP contribution is -2.31. The topological polar surface area (TPSA) is 89.4 Å². The standard InChI is InChI=1S/C23H19ClN6O2/c1-15-5-2-3-6-18(15)23-25-28-29(27-23)14-22(31)30-20(21-7-4-12-32-21)13-19(26-30)16-8-10-17(24)11-9-16/h2-12,20H,13-14H2,1H3/t20-/m1/s1. The molecule has 2 aromatic carbocycles. The molecule has 1 aliphatic heterocycles. The zero-order chi connectivity index (χ0) is 22.1. The monoisotopic (exact) mass is 446 g/mol. The minimum Gasteiger partial charge on any atom is -0.467 e. The van der Waals surface area contributed by atoms with Gasteiger partial charge in [-0.3, -0.25) is 4.79 Å². The molecule has 9 heteroatoms. The lowest BCUT2D eigenvalue weighted by Gasteiger charge is -2.19. The van der Waals surface area contributed by atoms with Crippen molar-refractivity contribution in [1.82, 2.24) is 25.2 Å². The Kier molecular flexibility index (Phi) is 5.28. The largest absolute Gasteiger partial charge is 0.467 e. The van der Waals surface area contributed by atoms with E-state index < -0.39 is 0 Å². The van der Waals surface area contributed by atoms with E-state index in [2.05, 4.69) is 20.5 Å². The van der Waals surface area contributed by atoms with Crippen molar-refractivity contribution in [1.29, 1.82) is 0 Å². The number of halogens is 1. The molecule has 1 atom stereocenters. The molecule has 0 aliphatic carbocycles. The number of rotatable bonds is 5. The molecule has 8 nitrogen and oxygen atoms in total. The summed E-state index contributed by atoms with van der Waals surface area (Å²) in [5.74, 6) is 0.882. The van der Waals surface area contributed by atoms with E-state index in [1.165, 1.54) is 9.81 Å². The number of aromatic nitrogens is 4. The van der Waals surface area contributed by atoms with Crippen molar-refractivity contribution < 1.29 is 9.21 Å². The lowest BCUT2D eigenvalue weighted by atomic mass is 10.0. The van der Waals surface area contributed by atoms with Crippen molar-refractivity contribution in [3.05, 3.63) is 88.8 Å². The quantitative estimate of drug-likeness (QED) is 0.456. The van der Waals surface area contributed by atoms with E-state index in [9.17, 15) is 4.79 Å². The fourth-order valence-electron chi connectivity index (χ4n) is 3.69. The Labute approximate surface area is 189 Å². The zero-order valence-electron chi connectivity index (χ0n) is 17.2. The van der Waals surface area contributed by atoms with Crippen LogP contribution in [0.3, 0.4) is 0 Å². The third-order valence-electron chi connectivity index (χ3n) is 5.33. The number of amides is 1. The molecule has 32 heavy (non-hydrogen) atoms. The zero-order valence-corrected chi connectivity index (χ0v) is 18.0. The molecule has 5 rings (SSSR count). The van der Waals surface area contributed by atoms with Crippen LogP contribution >= 0.6 is 11.6 Å². The van der Waals surface area contributed by atoms with Crippen LogP contribution < -0.4 is 0 Å². The van der Waals surface area contributed by atoms with Crippen LogP contribution in [0.4, 0.5) is 0 Å². The summed E-state index contributed by atoms with van der Waals surface area (Å²) in [7, 11) is 0. The van der Waals surface area contributed by atoms with Crippen molar-refractivity contribution in [2.24, 2.45) is 5.10 Å². The average Bonchev–Trinajstić information content (AvgIpc) is 3.55. The highest BCUT2D eigenvalue weighted by atomic mass is 35.5. The van der Waals surface area contributed by atoms with Gasteiger partial charge in [-0.25, -0.2) is 5.01 Å². The molecule has 160 valence electrons. The third-order valence-corrected chi connectivity index (χ3v) is 5.58. The molecular weight excluding hydrogens is 428 g/mol. The summed E-state index contributed by atoms with van der Waals surface area (Å²) in [6.07, 6.45) is 2.12. The van der Waals surface area contributed by atoms with E-state index in [1.807, 2.05) is 49.4 Å². The molecule has 0 saturated carbocycles. The highest BCUT2D eigenvalue weighted by Crippen LogP contribution is 2.33. The number of hydrazone groups is 1. The molecule has 3 heterocycles. The Morgan fingerprint density at radius 1 is 1.12 bits per heavy atom. The second-order valence-electron chi connectivity index (χ2n) is 7.49. The fourth-order valence-corrected chi connectivity index (χ4v) is 3.82. The number of carbonyl (C=O) groups excluding carboxylic acids is 1. The van der Waals surface area contributed by atoms with Crippen molar-refractivity contribution in [3.63, 3.8) is 0 Å². The first-order valence-electron chi connectivity index (χ1n) is 10.1. The maximum atomic E-state index is 13.2. The van der Waals surface area contributed by atoms with Crippen LogP contribution in [0.15, 0.2) is 76.4 Å². The van der Waals surface area contributed by atoms with E-state index in [0.29, 0.717) is 23.0 Å². The first-order chi connectivity index (χ1) is 15.6.